The molecule has 0 spiro atoms. The van der Waals surface area contributed by atoms with Gasteiger partial charge in [-0.2, -0.15) is 0 Å². The zero-order valence-corrected chi connectivity index (χ0v) is 10.8. The lowest BCUT2D eigenvalue weighted by molar-refractivity contribution is -0.134. The number of hydrogen-bond acceptors (Lipinski definition) is 3. The summed E-state index contributed by atoms with van der Waals surface area (Å²) in [5.74, 6) is 0.980. The summed E-state index contributed by atoms with van der Waals surface area (Å²) >= 11 is 0. The maximum absolute atomic E-state index is 11.7. The summed E-state index contributed by atoms with van der Waals surface area (Å²) in [5, 5.41) is 3.20. The molecule has 1 unspecified atom stereocenters. The second-order valence-corrected chi connectivity index (χ2v) is 4.96. The van der Waals surface area contributed by atoms with E-state index in [2.05, 4.69) is 24.3 Å². The molecular formula is C12H25N3O. The predicted molar refractivity (Wildman–Crippen MR) is 66.4 cm³/mol. The third kappa shape index (κ3) is 4.49. The highest BCUT2D eigenvalue weighted by molar-refractivity contribution is 5.76. The zero-order valence-electron chi connectivity index (χ0n) is 10.8. The molecule has 0 radical (unpaired) electrons. The van der Waals surface area contributed by atoms with Crippen LogP contribution in [0.5, 0.6) is 0 Å². The molecule has 0 saturated carbocycles. The number of nitrogens with zero attached hydrogens (tertiary/aromatic N) is 2. The molecule has 1 N–H and O–H groups in total. The van der Waals surface area contributed by atoms with Crippen LogP contribution < -0.4 is 5.32 Å². The lowest BCUT2D eigenvalue weighted by Crippen LogP contribution is -2.43. The highest BCUT2D eigenvalue weighted by atomic mass is 16.2. The van der Waals surface area contributed by atoms with Crippen molar-refractivity contribution >= 4 is 5.91 Å². The van der Waals surface area contributed by atoms with Gasteiger partial charge in [-0.05, 0) is 53.0 Å². The number of carbonyl (C=O) groups excluding carboxylic acids is 1. The molecule has 1 aliphatic heterocycles. The Bertz CT molecular complexity index is 218. The van der Waals surface area contributed by atoms with Crippen LogP contribution in [0, 0.1) is 5.92 Å². The number of rotatable bonds is 6. The number of likely N-dealkylation sites (tertiary alicyclic amines) is 1. The van der Waals surface area contributed by atoms with Crippen LogP contribution in [0.15, 0.2) is 0 Å². The molecule has 1 atom stereocenters. The van der Waals surface area contributed by atoms with Crippen LogP contribution in [0.4, 0.5) is 0 Å². The molecule has 0 bridgehead atoms. The molecule has 1 rings (SSSR count). The molecule has 4 nitrogen and oxygen atoms in total. The molecule has 1 saturated heterocycles. The van der Waals surface area contributed by atoms with E-state index in [1.165, 1.54) is 0 Å². The van der Waals surface area contributed by atoms with E-state index in [0.29, 0.717) is 11.8 Å². The molecule has 1 aliphatic rings. The third-order valence-electron chi connectivity index (χ3n) is 3.12. The third-order valence-corrected chi connectivity index (χ3v) is 3.12. The van der Waals surface area contributed by atoms with Crippen molar-refractivity contribution in [3.8, 4) is 0 Å². The predicted octanol–water partition coefficient (Wildman–Crippen LogP) is 0.396. The summed E-state index contributed by atoms with van der Waals surface area (Å²) in [6.45, 7) is 3.93. The summed E-state index contributed by atoms with van der Waals surface area (Å²) in [7, 11) is 6.12. The van der Waals surface area contributed by atoms with Gasteiger partial charge in [0.25, 0.3) is 0 Å². The van der Waals surface area contributed by atoms with E-state index in [9.17, 15) is 4.79 Å². The van der Waals surface area contributed by atoms with Gasteiger partial charge in [0, 0.05) is 19.5 Å². The molecule has 94 valence electrons. The Labute approximate surface area is 99.0 Å². The van der Waals surface area contributed by atoms with Crippen molar-refractivity contribution in [2.45, 2.75) is 19.3 Å². The summed E-state index contributed by atoms with van der Waals surface area (Å²) < 4.78 is 0. The van der Waals surface area contributed by atoms with E-state index in [-0.39, 0.29) is 0 Å². The van der Waals surface area contributed by atoms with Crippen LogP contribution in [0.3, 0.4) is 0 Å². The minimum Gasteiger partial charge on any atom is -0.342 e. The number of hydrogen-bond donors (Lipinski definition) is 1. The smallest absolute Gasteiger partial charge is 0.222 e. The van der Waals surface area contributed by atoms with Gasteiger partial charge in [0.05, 0.1) is 0 Å². The quantitative estimate of drug-likeness (QED) is 0.713. The van der Waals surface area contributed by atoms with Gasteiger partial charge in [0.1, 0.15) is 0 Å². The fourth-order valence-corrected chi connectivity index (χ4v) is 2.24. The molecule has 1 fully saturated rings. The largest absolute Gasteiger partial charge is 0.342 e. The fourth-order valence-electron chi connectivity index (χ4n) is 2.24. The molecule has 1 amide bonds. The second kappa shape index (κ2) is 6.86. The van der Waals surface area contributed by atoms with Crippen LogP contribution >= 0.6 is 0 Å². The average molecular weight is 227 g/mol. The summed E-state index contributed by atoms with van der Waals surface area (Å²) in [4.78, 5) is 15.9. The molecule has 4 heteroatoms. The van der Waals surface area contributed by atoms with E-state index in [0.717, 1.165) is 45.4 Å². The van der Waals surface area contributed by atoms with Crippen LogP contribution in [-0.2, 0) is 4.79 Å². The van der Waals surface area contributed by atoms with Gasteiger partial charge in [0.2, 0.25) is 5.91 Å². The molecule has 0 aliphatic carbocycles. The van der Waals surface area contributed by atoms with E-state index in [4.69, 9.17) is 0 Å². The van der Waals surface area contributed by atoms with Gasteiger partial charge < -0.3 is 15.1 Å². The van der Waals surface area contributed by atoms with E-state index >= 15 is 0 Å². The molecule has 0 aromatic carbocycles. The number of piperidine rings is 1. The van der Waals surface area contributed by atoms with Crippen LogP contribution in [-0.4, -0.2) is 63.0 Å². The fraction of sp³-hybridized carbons (Fsp3) is 0.917. The van der Waals surface area contributed by atoms with Gasteiger partial charge in [0.15, 0.2) is 0 Å². The van der Waals surface area contributed by atoms with Crippen molar-refractivity contribution in [2.24, 2.45) is 5.92 Å². The Morgan fingerprint density at radius 3 is 2.88 bits per heavy atom. The first-order chi connectivity index (χ1) is 7.63. The number of carbonyl (C=O) groups is 1. The zero-order chi connectivity index (χ0) is 12.0. The number of amides is 1. The number of nitrogens with one attached hydrogen (secondary N) is 1. The summed E-state index contributed by atoms with van der Waals surface area (Å²) in [6, 6.07) is 0. The Morgan fingerprint density at radius 1 is 1.50 bits per heavy atom. The Kier molecular flexibility index (Phi) is 5.77. The van der Waals surface area contributed by atoms with Crippen molar-refractivity contribution in [3.05, 3.63) is 0 Å². The van der Waals surface area contributed by atoms with Gasteiger partial charge >= 0.3 is 0 Å². The Hall–Kier alpha value is -0.610. The average Bonchev–Trinajstić information content (AvgIpc) is 2.22. The van der Waals surface area contributed by atoms with Gasteiger partial charge in [-0.15, -0.1) is 0 Å². The van der Waals surface area contributed by atoms with Crippen molar-refractivity contribution in [1.82, 2.24) is 15.1 Å². The van der Waals surface area contributed by atoms with Gasteiger partial charge in [-0.1, -0.05) is 0 Å². The highest BCUT2D eigenvalue weighted by Gasteiger charge is 2.24. The van der Waals surface area contributed by atoms with E-state index < -0.39 is 0 Å². The van der Waals surface area contributed by atoms with Gasteiger partial charge in [-0.3, -0.25) is 4.79 Å². The molecule has 0 aromatic heterocycles. The molecule has 0 aromatic rings. The van der Waals surface area contributed by atoms with E-state index in [1.807, 2.05) is 11.9 Å². The van der Waals surface area contributed by atoms with Gasteiger partial charge in [-0.25, -0.2) is 0 Å². The first-order valence-electron chi connectivity index (χ1n) is 6.20. The Morgan fingerprint density at radius 2 is 2.25 bits per heavy atom. The van der Waals surface area contributed by atoms with Crippen molar-refractivity contribution < 1.29 is 4.79 Å². The van der Waals surface area contributed by atoms with E-state index in [1.54, 1.807) is 0 Å². The molecule has 16 heavy (non-hydrogen) atoms. The van der Waals surface area contributed by atoms with Crippen molar-refractivity contribution in [3.63, 3.8) is 0 Å². The Balaban J connectivity index is 2.29. The SMILES string of the molecule is CNCC1CCC(=O)N(CCCN(C)C)C1. The van der Waals surface area contributed by atoms with Crippen molar-refractivity contribution in [1.29, 1.82) is 0 Å². The second-order valence-electron chi connectivity index (χ2n) is 4.96. The monoisotopic (exact) mass is 227 g/mol. The molecular weight excluding hydrogens is 202 g/mol. The highest BCUT2D eigenvalue weighted by Crippen LogP contribution is 2.17. The maximum Gasteiger partial charge on any atom is 0.222 e. The molecule has 1 heterocycles. The topological polar surface area (TPSA) is 35.6 Å². The first-order valence-corrected chi connectivity index (χ1v) is 6.20. The normalized spacial score (nSPS) is 21.9. The van der Waals surface area contributed by atoms with Crippen LogP contribution in [0.1, 0.15) is 19.3 Å². The van der Waals surface area contributed by atoms with Crippen molar-refractivity contribution in [2.75, 3.05) is 47.3 Å². The lowest BCUT2D eigenvalue weighted by Gasteiger charge is -2.32. The van der Waals surface area contributed by atoms with Crippen LogP contribution in [0.25, 0.3) is 0 Å². The summed E-state index contributed by atoms with van der Waals surface area (Å²) in [5.41, 5.74) is 0. The lowest BCUT2D eigenvalue weighted by atomic mass is 9.97. The maximum atomic E-state index is 11.7. The summed E-state index contributed by atoms with van der Waals surface area (Å²) in [6.07, 6.45) is 2.85. The minimum absolute atomic E-state index is 0.339. The van der Waals surface area contributed by atoms with Crippen LogP contribution in [0.2, 0.25) is 0 Å². The minimum atomic E-state index is 0.339. The standard InChI is InChI=1S/C12H25N3O/c1-13-9-11-5-6-12(16)15(10-11)8-4-7-14(2)3/h11,13H,4-10H2,1-3H3. The first kappa shape index (κ1) is 13.5.